The van der Waals surface area contributed by atoms with Crippen molar-refractivity contribution in [2.24, 2.45) is 5.92 Å². The van der Waals surface area contributed by atoms with Crippen LogP contribution in [0.15, 0.2) is 6.20 Å². The third kappa shape index (κ3) is 5.13. The van der Waals surface area contributed by atoms with E-state index in [1.54, 1.807) is 0 Å². The Hall–Kier alpha value is -0.480. The molecular weight excluding hydrogens is 230 g/mol. The van der Waals surface area contributed by atoms with Crippen LogP contribution in [0.4, 0.5) is 0 Å². The van der Waals surface area contributed by atoms with E-state index in [1.807, 2.05) is 18.0 Å². The van der Waals surface area contributed by atoms with Crippen molar-refractivity contribution >= 4 is 11.8 Å². The van der Waals surface area contributed by atoms with Crippen molar-refractivity contribution in [2.75, 3.05) is 18.1 Å². The van der Waals surface area contributed by atoms with Crippen molar-refractivity contribution in [3.05, 3.63) is 17.5 Å². The molecule has 0 unspecified atom stereocenters. The van der Waals surface area contributed by atoms with E-state index in [9.17, 15) is 0 Å². The number of aryl methyl sites for hydroxylation is 1. The topological polar surface area (TPSA) is 29.9 Å². The molecule has 0 spiro atoms. The third-order valence-corrected chi connectivity index (χ3v) is 3.60. The van der Waals surface area contributed by atoms with Crippen LogP contribution in [0.5, 0.6) is 0 Å². The summed E-state index contributed by atoms with van der Waals surface area (Å²) in [6.07, 6.45) is 2.00. The Balaban J connectivity index is 2.40. The third-order valence-electron chi connectivity index (χ3n) is 2.72. The van der Waals surface area contributed by atoms with Gasteiger partial charge in [0.15, 0.2) is 0 Å². The van der Waals surface area contributed by atoms with Crippen molar-refractivity contribution in [3.63, 3.8) is 0 Å². The molecule has 0 aliphatic heterocycles. The highest BCUT2D eigenvalue weighted by atomic mass is 32.2. The number of nitrogens with one attached hydrogen (secondary N) is 1. The molecule has 0 saturated carbocycles. The standard InChI is InChI=1S/C13H25N3S/c1-5-17-7-6-16-12(4)13(10-15-16)9-14-8-11(2)3/h10-11,14H,5-9H2,1-4H3. The van der Waals surface area contributed by atoms with Crippen LogP contribution in [0.1, 0.15) is 32.0 Å². The molecule has 4 heteroatoms. The molecule has 1 aromatic rings. The monoisotopic (exact) mass is 255 g/mol. The maximum Gasteiger partial charge on any atom is 0.0537 e. The minimum absolute atomic E-state index is 0.700. The summed E-state index contributed by atoms with van der Waals surface area (Å²) in [4.78, 5) is 0. The normalized spacial score (nSPS) is 11.4. The molecule has 0 fully saturated rings. The molecule has 3 nitrogen and oxygen atoms in total. The lowest BCUT2D eigenvalue weighted by Crippen LogP contribution is -2.19. The number of thioether (sulfide) groups is 1. The van der Waals surface area contributed by atoms with Crippen LogP contribution in [0, 0.1) is 12.8 Å². The van der Waals surface area contributed by atoms with Gasteiger partial charge in [-0.1, -0.05) is 20.8 Å². The summed E-state index contributed by atoms with van der Waals surface area (Å²) in [6.45, 7) is 11.8. The fourth-order valence-corrected chi connectivity index (χ4v) is 2.27. The lowest BCUT2D eigenvalue weighted by molar-refractivity contribution is 0.550. The maximum atomic E-state index is 4.45. The number of rotatable bonds is 8. The van der Waals surface area contributed by atoms with Gasteiger partial charge in [-0.05, 0) is 25.1 Å². The fourth-order valence-electron chi connectivity index (χ4n) is 1.68. The second-order valence-electron chi connectivity index (χ2n) is 4.70. The summed E-state index contributed by atoms with van der Waals surface area (Å²) in [6, 6.07) is 0. The number of hydrogen-bond acceptors (Lipinski definition) is 3. The predicted octanol–water partition coefficient (Wildman–Crippen LogP) is 2.69. The molecule has 17 heavy (non-hydrogen) atoms. The van der Waals surface area contributed by atoms with Gasteiger partial charge in [-0.25, -0.2) is 0 Å². The van der Waals surface area contributed by atoms with Crippen LogP contribution in [0.25, 0.3) is 0 Å². The van der Waals surface area contributed by atoms with Crippen LogP contribution in [0.3, 0.4) is 0 Å². The van der Waals surface area contributed by atoms with E-state index >= 15 is 0 Å². The molecule has 0 amide bonds. The van der Waals surface area contributed by atoms with Gasteiger partial charge in [0.25, 0.3) is 0 Å². The summed E-state index contributed by atoms with van der Waals surface area (Å²) in [5.74, 6) is 3.03. The van der Waals surface area contributed by atoms with Gasteiger partial charge in [0.1, 0.15) is 0 Å². The Labute approximate surface area is 109 Å². The van der Waals surface area contributed by atoms with E-state index in [-0.39, 0.29) is 0 Å². The molecule has 0 bridgehead atoms. The highest BCUT2D eigenvalue weighted by molar-refractivity contribution is 7.99. The SMILES string of the molecule is CCSCCn1ncc(CNCC(C)C)c1C. The molecule has 1 N–H and O–H groups in total. The Morgan fingerprint density at radius 2 is 2.24 bits per heavy atom. The fraction of sp³-hybridized carbons (Fsp3) is 0.769. The first kappa shape index (κ1) is 14.6. The van der Waals surface area contributed by atoms with Crippen LogP contribution in [-0.2, 0) is 13.1 Å². The second-order valence-corrected chi connectivity index (χ2v) is 6.09. The Kier molecular flexibility index (Phi) is 6.66. The van der Waals surface area contributed by atoms with E-state index in [4.69, 9.17) is 0 Å². The first-order valence-corrected chi connectivity index (χ1v) is 7.60. The molecule has 0 atom stereocenters. The van der Waals surface area contributed by atoms with Crippen molar-refractivity contribution in [1.82, 2.24) is 15.1 Å². The summed E-state index contributed by atoms with van der Waals surface area (Å²) >= 11 is 1.97. The Bertz CT molecular complexity index is 320. The predicted molar refractivity (Wildman–Crippen MR) is 76.5 cm³/mol. The molecule has 0 aliphatic rings. The van der Waals surface area contributed by atoms with Crippen LogP contribution in [0.2, 0.25) is 0 Å². The summed E-state index contributed by atoms with van der Waals surface area (Å²) in [5, 5.41) is 7.91. The van der Waals surface area contributed by atoms with E-state index in [2.05, 4.69) is 42.8 Å². The van der Waals surface area contributed by atoms with E-state index in [0.717, 1.165) is 25.4 Å². The average Bonchev–Trinajstić information content (AvgIpc) is 2.61. The van der Waals surface area contributed by atoms with E-state index in [1.165, 1.54) is 17.0 Å². The Morgan fingerprint density at radius 3 is 2.88 bits per heavy atom. The van der Waals surface area contributed by atoms with Gasteiger partial charge in [0.2, 0.25) is 0 Å². The van der Waals surface area contributed by atoms with Gasteiger partial charge in [-0.2, -0.15) is 16.9 Å². The number of aromatic nitrogens is 2. The number of hydrogen-bond donors (Lipinski definition) is 1. The maximum absolute atomic E-state index is 4.45. The summed E-state index contributed by atoms with van der Waals surface area (Å²) < 4.78 is 2.12. The molecule has 98 valence electrons. The van der Waals surface area contributed by atoms with Gasteiger partial charge >= 0.3 is 0 Å². The van der Waals surface area contributed by atoms with Crippen molar-refractivity contribution < 1.29 is 0 Å². The van der Waals surface area contributed by atoms with Crippen molar-refractivity contribution in [3.8, 4) is 0 Å². The van der Waals surface area contributed by atoms with Crippen molar-refractivity contribution in [2.45, 2.75) is 40.8 Å². The average molecular weight is 255 g/mol. The minimum Gasteiger partial charge on any atom is -0.312 e. The summed E-state index contributed by atoms with van der Waals surface area (Å²) in [5.41, 5.74) is 2.63. The molecule has 0 saturated heterocycles. The van der Waals surface area contributed by atoms with Gasteiger partial charge in [0, 0.05) is 23.6 Å². The van der Waals surface area contributed by atoms with Gasteiger partial charge in [0.05, 0.1) is 12.7 Å². The van der Waals surface area contributed by atoms with Crippen LogP contribution in [-0.4, -0.2) is 27.8 Å². The molecule has 0 aromatic carbocycles. The van der Waals surface area contributed by atoms with E-state index in [0.29, 0.717) is 5.92 Å². The zero-order valence-electron chi connectivity index (χ0n) is 11.5. The van der Waals surface area contributed by atoms with Gasteiger partial charge in [-0.15, -0.1) is 0 Å². The largest absolute Gasteiger partial charge is 0.312 e. The smallest absolute Gasteiger partial charge is 0.0537 e. The van der Waals surface area contributed by atoms with Crippen LogP contribution < -0.4 is 5.32 Å². The van der Waals surface area contributed by atoms with E-state index < -0.39 is 0 Å². The molecule has 1 rings (SSSR count). The highest BCUT2D eigenvalue weighted by Crippen LogP contribution is 2.08. The van der Waals surface area contributed by atoms with Gasteiger partial charge in [-0.3, -0.25) is 4.68 Å². The first-order valence-electron chi connectivity index (χ1n) is 6.44. The lowest BCUT2D eigenvalue weighted by atomic mass is 10.2. The number of nitrogens with zero attached hydrogens (tertiary/aromatic N) is 2. The molecule has 0 aliphatic carbocycles. The summed E-state index contributed by atoms with van der Waals surface area (Å²) in [7, 11) is 0. The molecule has 0 radical (unpaired) electrons. The Morgan fingerprint density at radius 1 is 1.47 bits per heavy atom. The lowest BCUT2D eigenvalue weighted by Gasteiger charge is -2.08. The zero-order valence-corrected chi connectivity index (χ0v) is 12.3. The first-order chi connectivity index (χ1) is 8.15. The van der Waals surface area contributed by atoms with Crippen LogP contribution >= 0.6 is 11.8 Å². The molecule has 1 heterocycles. The quantitative estimate of drug-likeness (QED) is 0.724. The minimum atomic E-state index is 0.700. The van der Waals surface area contributed by atoms with Crippen molar-refractivity contribution in [1.29, 1.82) is 0 Å². The second kappa shape index (κ2) is 7.77. The zero-order chi connectivity index (χ0) is 12.7. The van der Waals surface area contributed by atoms with Gasteiger partial charge < -0.3 is 5.32 Å². The molecule has 1 aromatic heterocycles. The highest BCUT2D eigenvalue weighted by Gasteiger charge is 2.05. The molecular formula is C13H25N3S.